The van der Waals surface area contributed by atoms with Gasteiger partial charge in [-0.25, -0.2) is 0 Å². The molecule has 0 aliphatic rings. The topological polar surface area (TPSA) is 17.8 Å². The molecule has 0 N–H and O–H groups in total. The predicted molar refractivity (Wildman–Crippen MR) is 56.6 cm³/mol. The Morgan fingerprint density at radius 2 is 1.81 bits per heavy atom. The van der Waals surface area contributed by atoms with Crippen LogP contribution in [0.25, 0.3) is 0 Å². The van der Waals surface area contributed by atoms with Crippen LogP contribution in [-0.2, 0) is 6.18 Å². The van der Waals surface area contributed by atoms with Crippen molar-refractivity contribution < 1.29 is 13.2 Å². The molecule has 0 atom stereocenters. The maximum absolute atomic E-state index is 12.6. The minimum absolute atomic E-state index is 0.000988. The van der Waals surface area contributed by atoms with Gasteiger partial charge in [-0.2, -0.15) is 18.3 Å². The highest BCUT2D eigenvalue weighted by molar-refractivity contribution is 6.30. The van der Waals surface area contributed by atoms with E-state index in [4.69, 9.17) is 11.6 Å². The van der Waals surface area contributed by atoms with E-state index >= 15 is 0 Å². The van der Waals surface area contributed by atoms with Crippen LogP contribution in [0.5, 0.6) is 0 Å². The summed E-state index contributed by atoms with van der Waals surface area (Å²) in [5.41, 5.74) is -0.884. The Bertz CT molecular complexity index is 367. The highest BCUT2D eigenvalue weighted by Gasteiger charge is 2.38. The highest BCUT2D eigenvalue weighted by Crippen LogP contribution is 2.35. The van der Waals surface area contributed by atoms with Crippen LogP contribution in [0.1, 0.15) is 44.0 Å². The lowest BCUT2D eigenvalue weighted by molar-refractivity contribution is -0.142. The molecule has 0 radical (unpaired) electrons. The summed E-state index contributed by atoms with van der Waals surface area (Å²) in [5.74, 6) is 0. The summed E-state index contributed by atoms with van der Waals surface area (Å²) in [7, 11) is 0. The van der Waals surface area contributed by atoms with Gasteiger partial charge in [-0.1, -0.05) is 25.4 Å². The van der Waals surface area contributed by atoms with Crippen molar-refractivity contribution in [1.82, 2.24) is 9.78 Å². The fourth-order valence-corrected chi connectivity index (χ4v) is 1.91. The summed E-state index contributed by atoms with van der Waals surface area (Å²) in [6.45, 7) is 5.14. The molecule has 1 aromatic heterocycles. The van der Waals surface area contributed by atoms with Crippen LogP contribution >= 0.6 is 11.6 Å². The predicted octanol–water partition coefficient (Wildman–Crippen LogP) is 4.22. The average molecular weight is 255 g/mol. The number of aromatic nitrogens is 2. The molecule has 0 fully saturated rings. The minimum Gasteiger partial charge on any atom is -0.250 e. The average Bonchev–Trinajstić information content (AvgIpc) is 2.47. The summed E-state index contributed by atoms with van der Waals surface area (Å²) in [4.78, 5) is 0. The molecule has 2 nitrogen and oxygen atoms in total. The lowest BCUT2D eigenvalue weighted by atomic mass is 10.2. The Balaban J connectivity index is 3.24. The normalized spacial score (nSPS) is 12.5. The molecule has 0 unspecified atom stereocenters. The van der Waals surface area contributed by atoms with Gasteiger partial charge in [-0.3, -0.25) is 4.68 Å². The molecule has 0 bridgehead atoms. The summed E-state index contributed by atoms with van der Waals surface area (Å²) < 4.78 is 39.0. The number of hydrogen-bond donors (Lipinski definition) is 0. The zero-order chi connectivity index (χ0) is 12.5. The van der Waals surface area contributed by atoms with Gasteiger partial charge in [0, 0.05) is 5.56 Å². The molecule has 1 heterocycles. The van der Waals surface area contributed by atoms with E-state index in [-0.39, 0.29) is 16.8 Å². The molecule has 0 aliphatic heterocycles. The van der Waals surface area contributed by atoms with Gasteiger partial charge >= 0.3 is 6.18 Å². The molecular weight excluding hydrogens is 241 g/mol. The molecule has 0 amide bonds. The molecule has 92 valence electrons. The standard InChI is InChI=1S/C10H14ClF3N2/c1-4-7(5-2)16-9(11)6(3)8(15-16)10(12,13)14/h7H,4-5H2,1-3H3. The Kier molecular flexibility index (Phi) is 3.88. The third kappa shape index (κ3) is 2.34. The highest BCUT2D eigenvalue weighted by atomic mass is 35.5. The second kappa shape index (κ2) is 4.65. The summed E-state index contributed by atoms with van der Waals surface area (Å²) >= 11 is 5.87. The Morgan fingerprint density at radius 3 is 2.12 bits per heavy atom. The van der Waals surface area contributed by atoms with E-state index in [0.717, 1.165) is 0 Å². The van der Waals surface area contributed by atoms with E-state index in [1.165, 1.54) is 11.6 Å². The van der Waals surface area contributed by atoms with Gasteiger partial charge in [0.25, 0.3) is 0 Å². The van der Waals surface area contributed by atoms with Gasteiger partial charge in [0.1, 0.15) is 5.15 Å². The van der Waals surface area contributed by atoms with E-state index in [1.807, 2.05) is 13.8 Å². The van der Waals surface area contributed by atoms with Gasteiger partial charge in [0.2, 0.25) is 0 Å². The van der Waals surface area contributed by atoms with Crippen molar-refractivity contribution in [2.75, 3.05) is 0 Å². The number of halogens is 4. The molecule has 16 heavy (non-hydrogen) atoms. The van der Waals surface area contributed by atoms with Gasteiger partial charge in [0.05, 0.1) is 6.04 Å². The zero-order valence-electron chi connectivity index (χ0n) is 9.40. The molecule has 1 aromatic rings. The number of hydrogen-bond acceptors (Lipinski definition) is 1. The van der Waals surface area contributed by atoms with Gasteiger partial charge in [0.15, 0.2) is 5.69 Å². The lowest BCUT2D eigenvalue weighted by Gasteiger charge is -2.14. The molecule has 0 aromatic carbocycles. The molecule has 0 saturated heterocycles. The fourth-order valence-electron chi connectivity index (χ4n) is 1.64. The molecular formula is C10H14ClF3N2. The Hall–Kier alpha value is -0.710. The van der Waals surface area contributed by atoms with Crippen molar-refractivity contribution in [3.8, 4) is 0 Å². The Labute approximate surface area is 97.4 Å². The van der Waals surface area contributed by atoms with Crippen LogP contribution in [0.15, 0.2) is 0 Å². The summed E-state index contributed by atoms with van der Waals surface area (Å²) in [5, 5.41) is 3.67. The SMILES string of the molecule is CCC(CC)n1nc(C(F)(F)F)c(C)c1Cl. The number of rotatable bonds is 3. The van der Waals surface area contributed by atoms with E-state index < -0.39 is 11.9 Å². The second-order valence-electron chi connectivity index (χ2n) is 3.68. The fraction of sp³-hybridized carbons (Fsp3) is 0.700. The smallest absolute Gasteiger partial charge is 0.250 e. The maximum Gasteiger partial charge on any atom is 0.435 e. The summed E-state index contributed by atoms with van der Waals surface area (Å²) in [6.07, 6.45) is -3.03. The second-order valence-corrected chi connectivity index (χ2v) is 4.04. The van der Waals surface area contributed by atoms with Crippen molar-refractivity contribution in [2.24, 2.45) is 0 Å². The van der Waals surface area contributed by atoms with Crippen molar-refractivity contribution in [3.05, 3.63) is 16.4 Å². The van der Waals surface area contributed by atoms with Gasteiger partial charge in [-0.15, -0.1) is 0 Å². The van der Waals surface area contributed by atoms with Crippen LogP contribution in [0.2, 0.25) is 5.15 Å². The monoisotopic (exact) mass is 254 g/mol. The number of alkyl halides is 3. The van der Waals surface area contributed by atoms with Crippen LogP contribution in [0.3, 0.4) is 0 Å². The van der Waals surface area contributed by atoms with Crippen molar-refractivity contribution in [3.63, 3.8) is 0 Å². The first kappa shape index (κ1) is 13.4. The third-order valence-electron chi connectivity index (χ3n) is 2.63. The van der Waals surface area contributed by atoms with E-state index in [9.17, 15) is 13.2 Å². The first-order valence-corrected chi connectivity index (χ1v) is 5.52. The molecule has 6 heteroatoms. The van der Waals surface area contributed by atoms with Crippen molar-refractivity contribution in [2.45, 2.75) is 45.8 Å². The van der Waals surface area contributed by atoms with Crippen LogP contribution in [0.4, 0.5) is 13.2 Å². The largest absolute Gasteiger partial charge is 0.435 e. The molecule has 1 rings (SSSR count). The van der Waals surface area contributed by atoms with Crippen molar-refractivity contribution in [1.29, 1.82) is 0 Å². The molecule has 0 aliphatic carbocycles. The zero-order valence-corrected chi connectivity index (χ0v) is 10.2. The van der Waals surface area contributed by atoms with E-state index in [0.29, 0.717) is 12.8 Å². The molecule has 0 spiro atoms. The van der Waals surface area contributed by atoms with E-state index in [1.54, 1.807) is 0 Å². The van der Waals surface area contributed by atoms with E-state index in [2.05, 4.69) is 5.10 Å². The van der Waals surface area contributed by atoms with Crippen molar-refractivity contribution >= 4 is 11.6 Å². The third-order valence-corrected chi connectivity index (χ3v) is 3.09. The number of nitrogens with zero attached hydrogens (tertiary/aromatic N) is 2. The van der Waals surface area contributed by atoms with Crippen LogP contribution in [-0.4, -0.2) is 9.78 Å². The minimum atomic E-state index is -4.44. The van der Waals surface area contributed by atoms with Crippen LogP contribution < -0.4 is 0 Å². The van der Waals surface area contributed by atoms with Crippen LogP contribution in [0, 0.1) is 6.92 Å². The quantitative estimate of drug-likeness (QED) is 0.789. The lowest BCUT2D eigenvalue weighted by Crippen LogP contribution is -2.12. The van der Waals surface area contributed by atoms with Gasteiger partial charge < -0.3 is 0 Å². The Morgan fingerprint density at radius 1 is 1.31 bits per heavy atom. The first-order chi connectivity index (χ1) is 7.32. The maximum atomic E-state index is 12.6. The first-order valence-electron chi connectivity index (χ1n) is 5.14. The summed E-state index contributed by atoms with van der Waals surface area (Å²) in [6, 6.07) is -0.0812. The van der Waals surface area contributed by atoms with Gasteiger partial charge in [-0.05, 0) is 19.8 Å². The molecule has 0 saturated carbocycles.